The van der Waals surface area contributed by atoms with Crippen LogP contribution in [0.5, 0.6) is 0 Å². The Morgan fingerprint density at radius 1 is 0.564 bits per heavy atom. The zero-order chi connectivity index (χ0) is 25.9. The summed E-state index contributed by atoms with van der Waals surface area (Å²) in [7, 11) is 0. The number of hydrogen-bond donors (Lipinski definition) is 0. The molecule has 0 saturated carbocycles. The molecule has 0 unspecified atom stereocenters. The van der Waals surface area contributed by atoms with Gasteiger partial charge in [0.15, 0.2) is 5.58 Å². The maximum absolute atomic E-state index is 6.47. The summed E-state index contributed by atoms with van der Waals surface area (Å²) in [4.78, 5) is 8.96. The number of hydrogen-bond acceptors (Lipinski definition) is 3. The average molecular weight is 522 g/mol. The quantitative estimate of drug-likeness (QED) is 0.217. The van der Waals surface area contributed by atoms with Crippen molar-refractivity contribution in [3.8, 4) is 28.2 Å². The predicted molar refractivity (Wildman–Crippen MR) is 160 cm³/mol. The summed E-state index contributed by atoms with van der Waals surface area (Å²) in [5.74, 6) is 0. The van der Waals surface area contributed by atoms with Crippen molar-refractivity contribution in [2.75, 3.05) is 0 Å². The topological polar surface area (TPSA) is 43.9 Å². The van der Waals surface area contributed by atoms with Crippen molar-refractivity contribution in [3.63, 3.8) is 0 Å². The molecule has 8 rings (SSSR count). The van der Waals surface area contributed by atoms with Crippen LogP contribution in [-0.4, -0.2) is 14.5 Å². The molecule has 0 aliphatic carbocycles. The molecule has 5 aromatic carbocycles. The monoisotopic (exact) mass is 521 g/mol. The van der Waals surface area contributed by atoms with Gasteiger partial charge in [0, 0.05) is 38.4 Å². The van der Waals surface area contributed by atoms with Gasteiger partial charge in [0.2, 0.25) is 5.28 Å². The van der Waals surface area contributed by atoms with Gasteiger partial charge in [-0.15, -0.1) is 0 Å². The van der Waals surface area contributed by atoms with Gasteiger partial charge in [0.05, 0.1) is 22.4 Å². The smallest absolute Gasteiger partial charge is 0.223 e. The zero-order valence-electron chi connectivity index (χ0n) is 20.7. The first-order valence-electron chi connectivity index (χ1n) is 12.8. The van der Waals surface area contributed by atoms with Gasteiger partial charge in [0.1, 0.15) is 5.58 Å². The van der Waals surface area contributed by atoms with Crippen molar-refractivity contribution in [2.24, 2.45) is 0 Å². The summed E-state index contributed by atoms with van der Waals surface area (Å²) in [6.45, 7) is 0. The van der Waals surface area contributed by atoms with E-state index in [0.717, 1.165) is 66.6 Å². The Morgan fingerprint density at radius 2 is 1.21 bits per heavy atom. The molecule has 8 aromatic rings. The highest BCUT2D eigenvalue weighted by molar-refractivity contribution is 6.28. The Balaban J connectivity index is 1.33. The van der Waals surface area contributed by atoms with Crippen LogP contribution in [0.3, 0.4) is 0 Å². The molecule has 0 N–H and O–H groups in total. The second kappa shape index (κ2) is 8.55. The van der Waals surface area contributed by atoms with Crippen molar-refractivity contribution in [1.29, 1.82) is 0 Å². The Kier molecular flexibility index (Phi) is 4.84. The highest BCUT2D eigenvalue weighted by Crippen LogP contribution is 2.40. The molecule has 0 radical (unpaired) electrons. The highest BCUT2D eigenvalue weighted by atomic mass is 35.5. The van der Waals surface area contributed by atoms with Crippen molar-refractivity contribution in [1.82, 2.24) is 14.5 Å². The van der Waals surface area contributed by atoms with Gasteiger partial charge in [-0.05, 0) is 48.0 Å². The third-order valence-corrected chi connectivity index (χ3v) is 7.54. The molecular formula is C34H20ClN3O. The fourth-order valence-electron chi connectivity index (χ4n) is 5.60. The van der Waals surface area contributed by atoms with E-state index >= 15 is 0 Å². The molecule has 4 nitrogen and oxygen atoms in total. The van der Waals surface area contributed by atoms with Crippen LogP contribution < -0.4 is 0 Å². The summed E-state index contributed by atoms with van der Waals surface area (Å²) in [6, 6.07) is 41.5. The number of furan rings is 1. The molecule has 39 heavy (non-hydrogen) atoms. The minimum Gasteiger partial charge on any atom is -0.454 e. The second-order valence-corrected chi connectivity index (χ2v) is 9.95. The second-order valence-electron chi connectivity index (χ2n) is 9.61. The van der Waals surface area contributed by atoms with Crippen LogP contribution in [0.25, 0.3) is 71.9 Å². The first-order chi connectivity index (χ1) is 19.2. The van der Waals surface area contributed by atoms with Crippen LogP contribution in [0.2, 0.25) is 5.28 Å². The lowest BCUT2D eigenvalue weighted by atomic mass is 10.1. The number of benzene rings is 5. The third kappa shape index (κ3) is 3.46. The van der Waals surface area contributed by atoms with E-state index in [1.54, 1.807) is 0 Å². The van der Waals surface area contributed by atoms with Gasteiger partial charge in [-0.1, -0.05) is 84.9 Å². The predicted octanol–water partition coefficient (Wildman–Crippen LogP) is 9.46. The van der Waals surface area contributed by atoms with Crippen LogP contribution in [0.1, 0.15) is 0 Å². The van der Waals surface area contributed by atoms with Gasteiger partial charge >= 0.3 is 0 Å². The number of para-hydroxylation sites is 2. The standard InChI is InChI=1S/C34H20ClN3O/c35-34-36-28(21-8-2-1-3-9-21)20-29(37-34)22-14-16-23(17-15-22)38-30-12-6-4-10-24(30)26-18-19-27-25-11-5-7-13-31(25)39-33(27)32(26)38/h1-20H. The minimum atomic E-state index is 0.227. The van der Waals surface area contributed by atoms with E-state index in [4.69, 9.17) is 16.0 Å². The third-order valence-electron chi connectivity index (χ3n) is 7.37. The van der Waals surface area contributed by atoms with Crippen molar-refractivity contribution < 1.29 is 4.42 Å². The molecule has 0 aliphatic rings. The van der Waals surface area contributed by atoms with Crippen LogP contribution in [0.15, 0.2) is 126 Å². The van der Waals surface area contributed by atoms with Crippen molar-refractivity contribution in [2.45, 2.75) is 0 Å². The molecule has 3 heterocycles. The van der Waals surface area contributed by atoms with Gasteiger partial charge < -0.3 is 8.98 Å². The number of fused-ring (bicyclic) bond motifs is 7. The first kappa shape index (κ1) is 22.1. The molecule has 0 amide bonds. The van der Waals surface area contributed by atoms with E-state index in [1.807, 2.05) is 48.5 Å². The summed E-state index contributed by atoms with van der Waals surface area (Å²) < 4.78 is 8.76. The Bertz CT molecular complexity index is 2180. The van der Waals surface area contributed by atoms with Crippen molar-refractivity contribution >= 4 is 55.3 Å². The molecule has 0 spiro atoms. The number of nitrogens with zero attached hydrogens (tertiary/aromatic N) is 3. The lowest BCUT2D eigenvalue weighted by Crippen LogP contribution is -1.95. The van der Waals surface area contributed by atoms with Gasteiger partial charge in [-0.2, -0.15) is 0 Å². The molecule has 0 fully saturated rings. The molecule has 5 heteroatoms. The van der Waals surface area contributed by atoms with Crippen LogP contribution in [0, 0.1) is 0 Å². The Labute approximate surface area is 228 Å². The van der Waals surface area contributed by atoms with Gasteiger partial charge in [0.25, 0.3) is 0 Å². The summed E-state index contributed by atoms with van der Waals surface area (Å²) >= 11 is 6.35. The fourth-order valence-corrected chi connectivity index (χ4v) is 5.78. The van der Waals surface area contributed by atoms with E-state index in [1.165, 1.54) is 5.39 Å². The molecule has 3 aromatic heterocycles. The van der Waals surface area contributed by atoms with E-state index in [2.05, 4.69) is 87.3 Å². The molecule has 0 saturated heterocycles. The zero-order valence-corrected chi connectivity index (χ0v) is 21.4. The summed E-state index contributed by atoms with van der Waals surface area (Å²) in [5, 5.41) is 4.81. The number of halogens is 1. The van der Waals surface area contributed by atoms with E-state index in [0.29, 0.717) is 0 Å². The fraction of sp³-hybridized carbons (Fsp3) is 0. The molecule has 0 atom stereocenters. The lowest BCUT2D eigenvalue weighted by molar-refractivity contribution is 0.671. The normalized spacial score (nSPS) is 11.7. The Hall–Kier alpha value is -4.93. The number of aromatic nitrogens is 3. The van der Waals surface area contributed by atoms with Crippen LogP contribution >= 0.6 is 11.6 Å². The Morgan fingerprint density at radius 3 is 2.00 bits per heavy atom. The lowest BCUT2D eigenvalue weighted by Gasteiger charge is -2.10. The maximum Gasteiger partial charge on any atom is 0.223 e. The highest BCUT2D eigenvalue weighted by Gasteiger charge is 2.19. The minimum absolute atomic E-state index is 0.227. The van der Waals surface area contributed by atoms with Crippen LogP contribution in [0.4, 0.5) is 0 Å². The van der Waals surface area contributed by atoms with Crippen molar-refractivity contribution in [3.05, 3.63) is 127 Å². The average Bonchev–Trinajstić information content (AvgIpc) is 3.53. The van der Waals surface area contributed by atoms with E-state index < -0.39 is 0 Å². The molecule has 184 valence electrons. The molecular weight excluding hydrogens is 502 g/mol. The van der Waals surface area contributed by atoms with Gasteiger partial charge in [-0.3, -0.25) is 0 Å². The summed E-state index contributed by atoms with van der Waals surface area (Å²) in [6.07, 6.45) is 0. The summed E-state index contributed by atoms with van der Waals surface area (Å²) in [5.41, 5.74) is 8.56. The largest absolute Gasteiger partial charge is 0.454 e. The first-order valence-corrected chi connectivity index (χ1v) is 13.2. The van der Waals surface area contributed by atoms with E-state index in [-0.39, 0.29) is 5.28 Å². The van der Waals surface area contributed by atoms with Gasteiger partial charge in [-0.25, -0.2) is 9.97 Å². The SMILES string of the molecule is Clc1nc(-c2ccccc2)cc(-c2ccc(-n3c4ccccc4c4ccc5c6ccccc6oc5c43)cc2)n1. The number of rotatable bonds is 3. The maximum atomic E-state index is 6.47. The van der Waals surface area contributed by atoms with E-state index in [9.17, 15) is 0 Å². The molecule has 0 bridgehead atoms. The molecule has 0 aliphatic heterocycles. The van der Waals surface area contributed by atoms with Crippen LogP contribution in [-0.2, 0) is 0 Å².